The first-order chi connectivity index (χ1) is 8.58. The van der Waals surface area contributed by atoms with Gasteiger partial charge in [-0.05, 0) is 65.4 Å². The summed E-state index contributed by atoms with van der Waals surface area (Å²) < 4.78 is 0.975. The molecule has 92 valence electrons. The maximum Gasteiger partial charge on any atom is 0.256 e. The van der Waals surface area contributed by atoms with Gasteiger partial charge in [-0.1, -0.05) is 12.1 Å². The van der Waals surface area contributed by atoms with Gasteiger partial charge in [-0.3, -0.25) is 4.79 Å². The number of nitrogens with one attached hydrogen (secondary N) is 1. The second-order valence-electron chi connectivity index (χ2n) is 4.01. The fourth-order valence-electron chi connectivity index (χ4n) is 1.59. The Labute approximate surface area is 120 Å². The topological polar surface area (TPSA) is 55.1 Å². The van der Waals surface area contributed by atoms with Gasteiger partial charge in [0, 0.05) is 14.9 Å². The Bertz CT molecular complexity index is 579. The molecule has 2 aromatic carbocycles. The van der Waals surface area contributed by atoms with Crippen LogP contribution in [0.1, 0.15) is 15.9 Å². The van der Waals surface area contributed by atoms with Gasteiger partial charge < -0.3 is 11.1 Å². The van der Waals surface area contributed by atoms with Crippen LogP contribution >= 0.6 is 22.6 Å². The van der Waals surface area contributed by atoms with E-state index in [2.05, 4.69) is 27.9 Å². The highest BCUT2D eigenvalue weighted by molar-refractivity contribution is 14.1. The number of anilines is 2. The summed E-state index contributed by atoms with van der Waals surface area (Å²) in [4.78, 5) is 12.1. The number of hydrogen-bond acceptors (Lipinski definition) is 2. The normalized spacial score (nSPS) is 10.1. The summed E-state index contributed by atoms with van der Waals surface area (Å²) in [7, 11) is 0. The number of rotatable bonds is 2. The third-order valence-electron chi connectivity index (χ3n) is 2.60. The van der Waals surface area contributed by atoms with Gasteiger partial charge in [0.15, 0.2) is 0 Å². The molecule has 2 aromatic rings. The molecule has 0 spiro atoms. The largest absolute Gasteiger partial charge is 0.399 e. The lowest BCUT2D eigenvalue weighted by Crippen LogP contribution is -2.13. The van der Waals surface area contributed by atoms with E-state index < -0.39 is 0 Å². The molecule has 2 rings (SSSR count). The second kappa shape index (κ2) is 5.39. The van der Waals surface area contributed by atoms with Crippen LogP contribution < -0.4 is 11.1 Å². The Hall–Kier alpha value is -1.56. The van der Waals surface area contributed by atoms with Crippen LogP contribution in [0.25, 0.3) is 0 Å². The van der Waals surface area contributed by atoms with Crippen molar-refractivity contribution in [2.45, 2.75) is 6.92 Å². The molecule has 0 atom stereocenters. The molecule has 0 fully saturated rings. The van der Waals surface area contributed by atoms with Crippen LogP contribution in [0.15, 0.2) is 42.5 Å². The minimum Gasteiger partial charge on any atom is -0.399 e. The van der Waals surface area contributed by atoms with Gasteiger partial charge in [-0.2, -0.15) is 0 Å². The summed E-state index contributed by atoms with van der Waals surface area (Å²) in [5.41, 5.74) is 8.80. The molecule has 18 heavy (non-hydrogen) atoms. The third kappa shape index (κ3) is 2.81. The van der Waals surface area contributed by atoms with Crippen LogP contribution in [-0.4, -0.2) is 5.91 Å². The van der Waals surface area contributed by atoms with Crippen molar-refractivity contribution in [1.29, 1.82) is 0 Å². The second-order valence-corrected chi connectivity index (χ2v) is 5.09. The van der Waals surface area contributed by atoms with Crippen molar-refractivity contribution < 1.29 is 4.79 Å². The number of amides is 1. The fraction of sp³-hybridized carbons (Fsp3) is 0.0714. The zero-order chi connectivity index (χ0) is 13.1. The summed E-state index contributed by atoms with van der Waals surface area (Å²) >= 11 is 2.19. The standard InChI is InChI=1S/C14H13IN2O/c1-9-3-2-4-12(13(9)15)14(18)17-11-7-5-10(16)6-8-11/h2-8H,16H2,1H3,(H,17,18). The summed E-state index contributed by atoms with van der Waals surface area (Å²) in [6, 6.07) is 12.8. The van der Waals surface area contributed by atoms with Crippen molar-refractivity contribution in [3.63, 3.8) is 0 Å². The number of aryl methyl sites for hydroxylation is 1. The third-order valence-corrected chi connectivity index (χ3v) is 4.04. The number of benzene rings is 2. The predicted molar refractivity (Wildman–Crippen MR) is 82.7 cm³/mol. The SMILES string of the molecule is Cc1cccc(C(=O)Nc2ccc(N)cc2)c1I. The van der Waals surface area contributed by atoms with Crippen LogP contribution in [0.4, 0.5) is 11.4 Å². The number of nitrogen functional groups attached to an aromatic ring is 1. The fourth-order valence-corrected chi connectivity index (χ4v) is 2.19. The first-order valence-corrected chi connectivity index (χ1v) is 6.58. The van der Waals surface area contributed by atoms with Gasteiger partial charge in [0.25, 0.3) is 5.91 Å². The van der Waals surface area contributed by atoms with Crippen molar-refractivity contribution in [2.75, 3.05) is 11.1 Å². The molecule has 0 aliphatic rings. The molecule has 0 unspecified atom stereocenters. The minimum atomic E-state index is -0.104. The first kappa shape index (κ1) is 12.9. The van der Waals surface area contributed by atoms with E-state index in [9.17, 15) is 4.79 Å². The van der Waals surface area contributed by atoms with E-state index in [4.69, 9.17) is 5.73 Å². The van der Waals surface area contributed by atoms with Gasteiger partial charge in [0.05, 0.1) is 5.56 Å². The molecule has 4 heteroatoms. The van der Waals surface area contributed by atoms with E-state index >= 15 is 0 Å². The number of hydrogen-bond donors (Lipinski definition) is 2. The monoisotopic (exact) mass is 352 g/mol. The van der Waals surface area contributed by atoms with Crippen molar-refractivity contribution in [1.82, 2.24) is 0 Å². The Morgan fingerprint density at radius 2 is 1.83 bits per heavy atom. The molecule has 0 aromatic heterocycles. The summed E-state index contributed by atoms with van der Waals surface area (Å²) in [5.74, 6) is -0.104. The maximum absolute atomic E-state index is 12.1. The van der Waals surface area contributed by atoms with E-state index in [-0.39, 0.29) is 5.91 Å². The average Bonchev–Trinajstić information content (AvgIpc) is 2.35. The van der Waals surface area contributed by atoms with Gasteiger partial charge >= 0.3 is 0 Å². The van der Waals surface area contributed by atoms with E-state index in [1.54, 1.807) is 24.3 Å². The predicted octanol–water partition coefficient (Wildman–Crippen LogP) is 3.43. The van der Waals surface area contributed by atoms with Crippen LogP contribution in [0, 0.1) is 10.5 Å². The summed E-state index contributed by atoms with van der Waals surface area (Å²) in [6.45, 7) is 1.99. The lowest BCUT2D eigenvalue weighted by molar-refractivity contribution is 0.102. The quantitative estimate of drug-likeness (QED) is 0.643. The molecule has 0 heterocycles. The Kier molecular flexibility index (Phi) is 3.86. The molecule has 3 N–H and O–H groups in total. The summed E-state index contributed by atoms with van der Waals surface area (Å²) in [6.07, 6.45) is 0. The summed E-state index contributed by atoms with van der Waals surface area (Å²) in [5, 5.41) is 2.85. The zero-order valence-electron chi connectivity index (χ0n) is 9.91. The number of carbonyl (C=O) groups is 1. The highest BCUT2D eigenvalue weighted by Crippen LogP contribution is 2.18. The molecule has 0 saturated carbocycles. The van der Waals surface area contributed by atoms with Crippen LogP contribution in [0.2, 0.25) is 0 Å². The molecule has 0 aliphatic carbocycles. The molecule has 3 nitrogen and oxygen atoms in total. The van der Waals surface area contributed by atoms with E-state index in [1.807, 2.05) is 25.1 Å². The Morgan fingerprint density at radius 3 is 2.50 bits per heavy atom. The Balaban J connectivity index is 2.22. The Morgan fingerprint density at radius 1 is 1.17 bits per heavy atom. The smallest absolute Gasteiger partial charge is 0.256 e. The van der Waals surface area contributed by atoms with Crippen LogP contribution in [-0.2, 0) is 0 Å². The number of nitrogens with two attached hydrogens (primary N) is 1. The lowest BCUT2D eigenvalue weighted by Gasteiger charge is -2.08. The van der Waals surface area contributed by atoms with E-state index in [1.165, 1.54) is 0 Å². The molecule has 0 bridgehead atoms. The van der Waals surface area contributed by atoms with Gasteiger partial charge in [0.1, 0.15) is 0 Å². The molecule has 0 saturated heterocycles. The molecule has 1 amide bonds. The number of carbonyl (C=O) groups excluding carboxylic acids is 1. The van der Waals surface area contributed by atoms with Crippen molar-refractivity contribution in [3.8, 4) is 0 Å². The molecular formula is C14H13IN2O. The van der Waals surface area contributed by atoms with Crippen LogP contribution in [0.5, 0.6) is 0 Å². The molecule has 0 radical (unpaired) electrons. The van der Waals surface area contributed by atoms with Crippen molar-refractivity contribution in [2.24, 2.45) is 0 Å². The maximum atomic E-state index is 12.1. The van der Waals surface area contributed by atoms with Gasteiger partial charge in [-0.25, -0.2) is 0 Å². The van der Waals surface area contributed by atoms with Gasteiger partial charge in [-0.15, -0.1) is 0 Å². The van der Waals surface area contributed by atoms with Gasteiger partial charge in [0.2, 0.25) is 0 Å². The van der Waals surface area contributed by atoms with Crippen LogP contribution in [0.3, 0.4) is 0 Å². The van der Waals surface area contributed by atoms with Crippen molar-refractivity contribution in [3.05, 3.63) is 57.2 Å². The minimum absolute atomic E-state index is 0.104. The number of halogens is 1. The molecule has 0 aliphatic heterocycles. The highest BCUT2D eigenvalue weighted by atomic mass is 127. The highest BCUT2D eigenvalue weighted by Gasteiger charge is 2.11. The lowest BCUT2D eigenvalue weighted by atomic mass is 10.1. The molecular weight excluding hydrogens is 339 g/mol. The zero-order valence-corrected chi connectivity index (χ0v) is 12.1. The van der Waals surface area contributed by atoms with E-state index in [0.29, 0.717) is 11.3 Å². The van der Waals surface area contributed by atoms with E-state index in [0.717, 1.165) is 14.8 Å². The first-order valence-electron chi connectivity index (χ1n) is 5.50. The average molecular weight is 352 g/mol. The van der Waals surface area contributed by atoms with Crippen molar-refractivity contribution >= 4 is 39.9 Å².